The standard InChI is InChI=1S/C27H23Cl3N2O4/c1-15-13-32(20-7-2-5-16(21(15)20)6-3-10-33)26(35)23-24(22-18(29)11-17(28)12-19(22)30)31-36-25(23)27(14-34)8-4-9-27/h2-3,5-7,11-13,33-34H,4,8-10,14H2,1H3/b6-3+. The molecule has 0 spiro atoms. The molecule has 9 heteroatoms. The molecule has 2 heterocycles. The molecule has 2 N–H and O–H groups in total. The summed E-state index contributed by atoms with van der Waals surface area (Å²) in [5.74, 6) is -0.0430. The Hall–Kier alpha value is -2.61. The van der Waals surface area contributed by atoms with Gasteiger partial charge in [-0.25, -0.2) is 0 Å². The van der Waals surface area contributed by atoms with Crippen molar-refractivity contribution in [2.75, 3.05) is 13.2 Å². The highest BCUT2D eigenvalue weighted by Gasteiger charge is 2.46. The molecule has 0 aliphatic heterocycles. The highest BCUT2D eigenvalue weighted by atomic mass is 35.5. The first-order valence-corrected chi connectivity index (χ1v) is 12.6. The summed E-state index contributed by atoms with van der Waals surface area (Å²) in [7, 11) is 0. The molecule has 5 rings (SSSR count). The van der Waals surface area contributed by atoms with E-state index in [2.05, 4.69) is 5.16 Å². The second-order valence-electron chi connectivity index (χ2n) is 9.09. The van der Waals surface area contributed by atoms with Gasteiger partial charge in [0.15, 0.2) is 5.76 Å². The van der Waals surface area contributed by atoms with Gasteiger partial charge in [-0.2, -0.15) is 0 Å². The van der Waals surface area contributed by atoms with E-state index in [9.17, 15) is 15.0 Å². The number of fused-ring (bicyclic) bond motifs is 1. The minimum atomic E-state index is -0.700. The molecule has 0 bridgehead atoms. The number of carbonyl (C=O) groups is 1. The number of rotatable bonds is 6. The Morgan fingerprint density at radius 3 is 2.53 bits per heavy atom. The fourth-order valence-electron chi connectivity index (χ4n) is 4.97. The Labute approximate surface area is 222 Å². The number of nitrogens with zero attached hydrogens (tertiary/aromatic N) is 2. The first-order valence-electron chi connectivity index (χ1n) is 11.5. The quantitative estimate of drug-likeness (QED) is 0.282. The average molecular weight is 546 g/mol. The lowest BCUT2D eigenvalue weighted by molar-refractivity contribution is 0.0856. The summed E-state index contributed by atoms with van der Waals surface area (Å²) in [5.41, 5.74) is 2.52. The second kappa shape index (κ2) is 9.69. The zero-order valence-corrected chi connectivity index (χ0v) is 21.7. The molecular formula is C27H23Cl3N2O4. The first kappa shape index (κ1) is 25.1. The molecule has 0 unspecified atom stereocenters. The maximum Gasteiger partial charge on any atom is 0.268 e. The second-order valence-corrected chi connectivity index (χ2v) is 10.3. The number of aryl methyl sites for hydroxylation is 1. The fourth-order valence-corrected chi connectivity index (χ4v) is 5.97. The third-order valence-corrected chi connectivity index (χ3v) is 7.73. The largest absolute Gasteiger partial charge is 0.395 e. The summed E-state index contributed by atoms with van der Waals surface area (Å²) in [4.78, 5) is 14.3. The molecule has 2 aromatic carbocycles. The number of aromatic nitrogens is 2. The monoisotopic (exact) mass is 544 g/mol. The smallest absolute Gasteiger partial charge is 0.268 e. The summed E-state index contributed by atoms with van der Waals surface area (Å²) in [6.07, 6.45) is 7.47. The maximum atomic E-state index is 14.3. The molecule has 1 fully saturated rings. The van der Waals surface area contributed by atoms with Crippen LogP contribution < -0.4 is 0 Å². The van der Waals surface area contributed by atoms with Gasteiger partial charge in [0.05, 0.1) is 34.2 Å². The van der Waals surface area contributed by atoms with Crippen LogP contribution >= 0.6 is 34.8 Å². The van der Waals surface area contributed by atoms with Gasteiger partial charge in [-0.15, -0.1) is 0 Å². The van der Waals surface area contributed by atoms with Crippen molar-refractivity contribution >= 4 is 57.7 Å². The fraction of sp³-hybridized carbons (Fsp3) is 0.259. The predicted octanol–water partition coefficient (Wildman–Crippen LogP) is 6.67. The van der Waals surface area contributed by atoms with Crippen molar-refractivity contribution in [3.05, 3.63) is 80.1 Å². The molecule has 1 aliphatic carbocycles. The summed E-state index contributed by atoms with van der Waals surface area (Å²) in [6.45, 7) is 1.66. The molecule has 6 nitrogen and oxygen atoms in total. The molecule has 36 heavy (non-hydrogen) atoms. The Kier molecular flexibility index (Phi) is 6.74. The van der Waals surface area contributed by atoms with E-state index in [1.807, 2.05) is 31.2 Å². The van der Waals surface area contributed by atoms with E-state index in [1.165, 1.54) is 12.1 Å². The van der Waals surface area contributed by atoms with Gasteiger partial charge >= 0.3 is 0 Å². The molecule has 0 saturated heterocycles. The van der Waals surface area contributed by atoms with Crippen molar-refractivity contribution < 1.29 is 19.5 Å². The van der Waals surface area contributed by atoms with Gasteiger partial charge in [0, 0.05) is 22.2 Å². The van der Waals surface area contributed by atoms with E-state index >= 15 is 0 Å². The lowest BCUT2D eigenvalue weighted by atomic mass is 9.66. The van der Waals surface area contributed by atoms with Crippen molar-refractivity contribution in [3.8, 4) is 11.3 Å². The third-order valence-electron chi connectivity index (χ3n) is 6.92. The van der Waals surface area contributed by atoms with Crippen LogP contribution in [0.5, 0.6) is 0 Å². The Morgan fingerprint density at radius 2 is 1.92 bits per heavy atom. The summed E-state index contributed by atoms with van der Waals surface area (Å²) in [6, 6.07) is 8.71. The Bertz CT molecular complexity index is 1490. The number of carbonyl (C=O) groups excluding carboxylic acids is 1. The lowest BCUT2D eigenvalue weighted by Crippen LogP contribution is -2.39. The van der Waals surface area contributed by atoms with Crippen molar-refractivity contribution in [1.29, 1.82) is 0 Å². The third kappa shape index (κ3) is 3.98. The minimum Gasteiger partial charge on any atom is -0.395 e. The van der Waals surface area contributed by atoms with Gasteiger partial charge in [0.2, 0.25) is 0 Å². The van der Waals surface area contributed by atoms with E-state index < -0.39 is 5.41 Å². The van der Waals surface area contributed by atoms with Gasteiger partial charge in [-0.1, -0.05) is 70.7 Å². The van der Waals surface area contributed by atoms with E-state index in [4.69, 9.17) is 39.3 Å². The molecule has 2 aromatic heterocycles. The van der Waals surface area contributed by atoms with Crippen LogP contribution in [0, 0.1) is 6.92 Å². The molecule has 4 aromatic rings. The number of hydrogen-bond donors (Lipinski definition) is 2. The predicted molar refractivity (Wildman–Crippen MR) is 142 cm³/mol. The first-order chi connectivity index (χ1) is 17.3. The van der Waals surface area contributed by atoms with Gasteiger partial charge in [0.25, 0.3) is 5.91 Å². The van der Waals surface area contributed by atoms with Crippen LogP contribution in [0.4, 0.5) is 0 Å². The van der Waals surface area contributed by atoms with E-state index in [0.29, 0.717) is 34.7 Å². The highest BCUT2D eigenvalue weighted by Crippen LogP contribution is 2.48. The van der Waals surface area contributed by atoms with Crippen molar-refractivity contribution in [2.45, 2.75) is 31.6 Å². The Morgan fingerprint density at radius 1 is 1.19 bits per heavy atom. The molecule has 0 atom stereocenters. The van der Waals surface area contributed by atoms with E-state index in [0.717, 1.165) is 22.9 Å². The number of benzene rings is 2. The van der Waals surface area contributed by atoms with Crippen molar-refractivity contribution in [3.63, 3.8) is 0 Å². The average Bonchev–Trinajstić information content (AvgIpc) is 3.39. The summed E-state index contributed by atoms with van der Waals surface area (Å²) in [5, 5.41) is 25.5. The summed E-state index contributed by atoms with van der Waals surface area (Å²) < 4.78 is 7.35. The zero-order chi connectivity index (χ0) is 25.6. The number of hydrogen-bond acceptors (Lipinski definition) is 5. The van der Waals surface area contributed by atoms with Crippen LogP contribution in [-0.4, -0.2) is 39.1 Å². The normalized spacial score (nSPS) is 15.1. The van der Waals surface area contributed by atoms with Gasteiger partial charge in [-0.3, -0.25) is 9.36 Å². The van der Waals surface area contributed by atoms with Crippen LogP contribution in [-0.2, 0) is 5.41 Å². The molecule has 0 amide bonds. The number of aliphatic hydroxyl groups excluding tert-OH is 2. The molecule has 1 aliphatic rings. The van der Waals surface area contributed by atoms with E-state index in [-0.39, 0.29) is 40.4 Å². The molecular weight excluding hydrogens is 523 g/mol. The van der Waals surface area contributed by atoms with Crippen molar-refractivity contribution in [1.82, 2.24) is 9.72 Å². The Balaban J connectivity index is 1.76. The lowest BCUT2D eigenvalue weighted by Gasteiger charge is -2.38. The maximum absolute atomic E-state index is 14.3. The van der Waals surface area contributed by atoms with E-state index in [1.54, 1.807) is 16.8 Å². The SMILES string of the molecule is Cc1cn(C(=O)c2c(-c3c(Cl)cc(Cl)cc3Cl)noc2C2(CO)CCC2)c2cccc(/C=C/CO)c12. The molecule has 0 radical (unpaired) electrons. The van der Waals surface area contributed by atoms with Crippen LogP contribution in [0.3, 0.4) is 0 Å². The minimum absolute atomic E-state index is 0.0890. The van der Waals surface area contributed by atoms with Gasteiger partial charge < -0.3 is 14.7 Å². The molecule has 186 valence electrons. The highest BCUT2D eigenvalue weighted by molar-refractivity contribution is 6.42. The summed E-state index contributed by atoms with van der Waals surface area (Å²) >= 11 is 19.2. The number of halogens is 3. The van der Waals surface area contributed by atoms with Crippen LogP contribution in [0.15, 0.2) is 47.1 Å². The topological polar surface area (TPSA) is 88.5 Å². The number of aliphatic hydroxyl groups is 2. The molecule has 1 saturated carbocycles. The van der Waals surface area contributed by atoms with Crippen LogP contribution in [0.1, 0.15) is 46.5 Å². The van der Waals surface area contributed by atoms with Crippen LogP contribution in [0.25, 0.3) is 28.2 Å². The van der Waals surface area contributed by atoms with Gasteiger partial charge in [-0.05, 0) is 49.1 Å². The van der Waals surface area contributed by atoms with Gasteiger partial charge in [0.1, 0.15) is 11.3 Å². The van der Waals surface area contributed by atoms with Crippen molar-refractivity contribution in [2.24, 2.45) is 0 Å². The zero-order valence-electron chi connectivity index (χ0n) is 19.4. The van der Waals surface area contributed by atoms with Crippen LogP contribution in [0.2, 0.25) is 15.1 Å².